The Kier molecular flexibility index (Phi) is 10.7. The van der Waals surface area contributed by atoms with Crippen molar-refractivity contribution in [1.29, 1.82) is 0 Å². The van der Waals surface area contributed by atoms with Gasteiger partial charge < -0.3 is 4.74 Å². The molecule has 27 heavy (non-hydrogen) atoms. The monoisotopic (exact) mass is 393 g/mol. The molecule has 0 N–H and O–H groups in total. The maximum Gasteiger partial charge on any atom is 0.302 e. The molecule has 4 heteroatoms. The molecule has 1 unspecified atom stereocenters. The van der Waals surface area contributed by atoms with Crippen molar-refractivity contribution in [2.75, 3.05) is 7.11 Å². The molecule has 0 amide bonds. The molecular formula is C23H34ArBO2. The van der Waals surface area contributed by atoms with E-state index in [1.54, 1.807) is 0 Å². The Morgan fingerprint density at radius 1 is 1.26 bits per heavy atom. The zero-order valence-electron chi connectivity index (χ0n) is 17.5. The Hall–Kier alpha value is -0.245. The quantitative estimate of drug-likeness (QED) is 0.404. The molecule has 0 bridgehead atoms. The van der Waals surface area contributed by atoms with E-state index in [-0.39, 0.29) is 43.7 Å². The molecule has 1 aliphatic heterocycles. The van der Waals surface area contributed by atoms with Crippen LogP contribution in [0.3, 0.4) is 0 Å². The van der Waals surface area contributed by atoms with Crippen molar-refractivity contribution < 1.29 is 47.3 Å². The Balaban J connectivity index is 0.000000542. The average Bonchev–Trinajstić information content (AvgIpc) is 2.95. The van der Waals surface area contributed by atoms with Gasteiger partial charge in [-0.15, -0.1) is 0 Å². The largest absolute Gasteiger partial charge is 0.469 e. The molecule has 1 heterocycles. The second-order valence-corrected chi connectivity index (χ2v) is 8.41. The SMILES string of the molecule is CC(/C=C/C1CCCCC1)c1ccc2c(c1)C(C)(C)C[B]2.COC(C)=O.[Ar]. The molecule has 1 aromatic carbocycles. The number of hydrogen-bond donors (Lipinski definition) is 0. The van der Waals surface area contributed by atoms with Crippen LogP contribution in [-0.2, 0) is 14.9 Å². The number of hydrogen-bond acceptors (Lipinski definition) is 2. The Labute approximate surface area is 196 Å². The zero-order valence-corrected chi connectivity index (χ0v) is 18.2. The summed E-state index contributed by atoms with van der Waals surface area (Å²) in [6.07, 6.45) is 13.2. The van der Waals surface area contributed by atoms with Crippen molar-refractivity contribution in [2.24, 2.45) is 5.92 Å². The summed E-state index contributed by atoms with van der Waals surface area (Å²) < 4.78 is 4.11. The van der Waals surface area contributed by atoms with Gasteiger partial charge in [0.15, 0.2) is 7.28 Å². The van der Waals surface area contributed by atoms with Gasteiger partial charge in [0.1, 0.15) is 0 Å². The van der Waals surface area contributed by atoms with Gasteiger partial charge in [-0.05, 0) is 41.2 Å². The number of ether oxygens (including phenoxy) is 1. The standard InChI is InChI=1S/C20H28B.C3H6O2.Ar/c1-15(9-10-16-7-5-4-6-8-16)17-11-12-19-18(13-17)20(2,3)14-21-19;1-3(4)5-2;/h9-13,15-16H,4-8,14H2,1-3H3;1-2H3;/b10-9+;;. The van der Waals surface area contributed by atoms with Crippen LogP contribution in [-0.4, -0.2) is 20.4 Å². The first kappa shape index (κ1) is 24.8. The predicted molar refractivity (Wildman–Crippen MR) is 111 cm³/mol. The van der Waals surface area contributed by atoms with Gasteiger partial charge in [0, 0.05) is 44.7 Å². The third-order valence-electron chi connectivity index (χ3n) is 5.77. The van der Waals surface area contributed by atoms with E-state index in [0.29, 0.717) is 11.3 Å². The minimum absolute atomic E-state index is 0. The molecule has 2 aliphatic rings. The third-order valence-corrected chi connectivity index (χ3v) is 5.77. The third kappa shape index (κ3) is 7.59. The van der Waals surface area contributed by atoms with Crippen molar-refractivity contribution in [3.8, 4) is 0 Å². The first-order valence-corrected chi connectivity index (χ1v) is 10.0. The molecule has 1 radical (unpaired) electrons. The zero-order chi connectivity index (χ0) is 19.2. The molecule has 0 aromatic heterocycles. The van der Waals surface area contributed by atoms with E-state index in [4.69, 9.17) is 0 Å². The number of methoxy groups -OCH3 is 1. The molecule has 149 valence electrons. The van der Waals surface area contributed by atoms with E-state index in [9.17, 15) is 4.79 Å². The average molecular weight is 393 g/mol. The van der Waals surface area contributed by atoms with Crippen LogP contribution in [0.1, 0.15) is 76.8 Å². The van der Waals surface area contributed by atoms with Gasteiger partial charge in [-0.1, -0.05) is 82.2 Å². The van der Waals surface area contributed by atoms with Gasteiger partial charge in [0.25, 0.3) is 0 Å². The van der Waals surface area contributed by atoms with Gasteiger partial charge in [-0.25, -0.2) is 0 Å². The van der Waals surface area contributed by atoms with Gasteiger partial charge in [0.05, 0.1) is 7.11 Å². The molecule has 1 aliphatic carbocycles. The van der Waals surface area contributed by atoms with Crippen molar-refractivity contribution >= 4 is 18.7 Å². The first-order valence-electron chi connectivity index (χ1n) is 10.0. The number of carbonyl (C=O) groups excluding carboxylic acids is 1. The van der Waals surface area contributed by atoms with E-state index >= 15 is 0 Å². The molecule has 1 fully saturated rings. The minimum atomic E-state index is -0.245. The summed E-state index contributed by atoms with van der Waals surface area (Å²) >= 11 is 0. The Morgan fingerprint density at radius 2 is 1.89 bits per heavy atom. The maximum absolute atomic E-state index is 9.59. The summed E-state index contributed by atoms with van der Waals surface area (Å²) in [6.45, 7) is 8.43. The van der Waals surface area contributed by atoms with E-state index in [1.165, 1.54) is 69.0 Å². The maximum atomic E-state index is 9.59. The fourth-order valence-corrected chi connectivity index (χ4v) is 3.86. The van der Waals surface area contributed by atoms with Crippen LogP contribution in [0.15, 0.2) is 30.4 Å². The van der Waals surface area contributed by atoms with Gasteiger partial charge >= 0.3 is 5.97 Å². The van der Waals surface area contributed by atoms with Gasteiger partial charge in [-0.2, -0.15) is 0 Å². The predicted octanol–water partition coefficient (Wildman–Crippen LogP) is 5.14. The fourth-order valence-electron chi connectivity index (χ4n) is 3.86. The molecular weight excluding hydrogens is 359 g/mol. The van der Waals surface area contributed by atoms with Crippen LogP contribution in [0, 0.1) is 43.7 Å². The number of fused-ring (bicyclic) bond motifs is 1. The number of carbonyl (C=O) groups is 1. The van der Waals surface area contributed by atoms with Crippen LogP contribution >= 0.6 is 0 Å². The second-order valence-electron chi connectivity index (χ2n) is 8.41. The van der Waals surface area contributed by atoms with Crippen molar-refractivity contribution in [3.63, 3.8) is 0 Å². The molecule has 0 spiro atoms. The number of esters is 1. The second kappa shape index (κ2) is 11.7. The molecule has 1 atom stereocenters. The summed E-state index contributed by atoms with van der Waals surface area (Å²) in [6, 6.07) is 7.10. The van der Waals surface area contributed by atoms with Gasteiger partial charge in [-0.3, -0.25) is 4.79 Å². The Morgan fingerprint density at radius 3 is 2.48 bits per heavy atom. The molecule has 1 aromatic rings. The first-order chi connectivity index (χ1) is 12.3. The fraction of sp³-hybridized carbons (Fsp3) is 0.609. The van der Waals surface area contributed by atoms with E-state index < -0.39 is 0 Å². The van der Waals surface area contributed by atoms with Crippen LogP contribution in [0.4, 0.5) is 0 Å². The van der Waals surface area contributed by atoms with Crippen molar-refractivity contribution in [1.82, 2.24) is 0 Å². The molecule has 1 saturated carbocycles. The molecule has 0 saturated heterocycles. The van der Waals surface area contributed by atoms with Crippen molar-refractivity contribution in [3.05, 3.63) is 41.5 Å². The van der Waals surface area contributed by atoms with Crippen molar-refractivity contribution in [2.45, 2.75) is 77.5 Å². The van der Waals surface area contributed by atoms with Crippen LogP contribution in [0.25, 0.3) is 0 Å². The van der Waals surface area contributed by atoms with Gasteiger partial charge in [0.2, 0.25) is 0 Å². The summed E-state index contributed by atoms with van der Waals surface area (Å²) in [4.78, 5) is 9.59. The minimum Gasteiger partial charge on any atom is -0.469 e. The van der Waals surface area contributed by atoms with E-state index in [0.717, 1.165) is 5.92 Å². The normalized spacial score (nSPS) is 19.1. The molecule has 3 rings (SSSR count). The molecule has 2 nitrogen and oxygen atoms in total. The number of benzene rings is 1. The van der Waals surface area contributed by atoms with Crippen LogP contribution < -0.4 is 5.46 Å². The summed E-state index contributed by atoms with van der Waals surface area (Å²) in [7, 11) is 3.74. The number of allylic oxidation sites excluding steroid dienone is 2. The van der Waals surface area contributed by atoms with E-state index in [1.807, 2.05) is 0 Å². The van der Waals surface area contributed by atoms with E-state index in [2.05, 4.69) is 63.1 Å². The summed E-state index contributed by atoms with van der Waals surface area (Å²) in [5, 5.41) is 0. The number of rotatable bonds is 3. The van der Waals surface area contributed by atoms with Crippen LogP contribution in [0.5, 0.6) is 0 Å². The summed E-state index contributed by atoms with van der Waals surface area (Å²) in [5.41, 5.74) is 4.78. The Bertz CT molecular complexity index is 633. The topological polar surface area (TPSA) is 26.3 Å². The smallest absolute Gasteiger partial charge is 0.302 e. The van der Waals surface area contributed by atoms with Crippen LogP contribution in [0.2, 0.25) is 6.32 Å². The summed E-state index contributed by atoms with van der Waals surface area (Å²) in [5.74, 6) is 1.12.